The van der Waals surface area contributed by atoms with Gasteiger partial charge in [-0.25, -0.2) is 0 Å². The second-order valence-corrected chi connectivity index (χ2v) is 8.93. The SMILES string of the molecule is CCCCCC[C@@H]1[C@@H](CO)C[C@@H]2CC3=C(C)C(=O)C[C@@]31C2(C)C. The van der Waals surface area contributed by atoms with Gasteiger partial charge in [0.25, 0.3) is 0 Å². The van der Waals surface area contributed by atoms with E-state index >= 15 is 0 Å². The number of hydrogen-bond acceptors (Lipinski definition) is 2. The number of carbonyl (C=O) groups excluding carboxylic acids is 1. The number of Topliss-reactive ketones (excluding diaryl/α,β-unsaturated/α-hetero) is 1. The van der Waals surface area contributed by atoms with Gasteiger partial charge in [-0.15, -0.1) is 0 Å². The largest absolute Gasteiger partial charge is 0.396 e. The Morgan fingerprint density at radius 3 is 2.61 bits per heavy atom. The highest BCUT2D eigenvalue weighted by Gasteiger charge is 2.67. The minimum absolute atomic E-state index is 0.0523. The maximum atomic E-state index is 12.6. The number of carbonyl (C=O) groups is 1. The molecule has 0 aliphatic heterocycles. The quantitative estimate of drug-likeness (QED) is 0.707. The maximum absolute atomic E-state index is 12.6. The van der Waals surface area contributed by atoms with Gasteiger partial charge in [-0.05, 0) is 54.9 Å². The molecule has 0 radical (unpaired) electrons. The van der Waals surface area contributed by atoms with Crippen molar-refractivity contribution in [3.8, 4) is 0 Å². The number of unbranched alkanes of at least 4 members (excludes halogenated alkanes) is 3. The molecule has 23 heavy (non-hydrogen) atoms. The number of allylic oxidation sites excluding steroid dienone is 2. The van der Waals surface area contributed by atoms with Crippen LogP contribution in [0.1, 0.15) is 79.1 Å². The van der Waals surface area contributed by atoms with E-state index < -0.39 is 0 Å². The fourth-order valence-electron chi connectivity index (χ4n) is 6.43. The van der Waals surface area contributed by atoms with Crippen LogP contribution in [0.25, 0.3) is 0 Å². The van der Waals surface area contributed by atoms with E-state index in [1.54, 1.807) is 0 Å². The van der Waals surface area contributed by atoms with Gasteiger partial charge in [0.2, 0.25) is 0 Å². The molecule has 0 amide bonds. The topological polar surface area (TPSA) is 37.3 Å². The van der Waals surface area contributed by atoms with Gasteiger partial charge in [-0.3, -0.25) is 4.79 Å². The Bertz CT molecular complexity index is 516. The first-order valence-corrected chi connectivity index (χ1v) is 9.74. The average Bonchev–Trinajstić information content (AvgIpc) is 2.81. The van der Waals surface area contributed by atoms with Gasteiger partial charge in [0.1, 0.15) is 0 Å². The monoisotopic (exact) mass is 318 g/mol. The predicted molar refractivity (Wildman–Crippen MR) is 94.1 cm³/mol. The molecule has 1 spiro atoms. The van der Waals surface area contributed by atoms with Crippen molar-refractivity contribution < 1.29 is 9.90 Å². The summed E-state index contributed by atoms with van der Waals surface area (Å²) in [5.41, 5.74) is 2.81. The number of fused-ring (bicyclic) bond motifs is 1. The summed E-state index contributed by atoms with van der Waals surface area (Å²) in [6.07, 6.45) is 9.25. The van der Waals surface area contributed by atoms with Crippen LogP contribution in [0.2, 0.25) is 0 Å². The molecule has 130 valence electrons. The van der Waals surface area contributed by atoms with Gasteiger partial charge in [-0.1, -0.05) is 52.0 Å². The first-order chi connectivity index (χ1) is 10.9. The number of ketones is 1. The van der Waals surface area contributed by atoms with Crippen LogP contribution in [-0.4, -0.2) is 17.5 Å². The molecule has 2 heteroatoms. The molecule has 0 saturated heterocycles. The molecule has 0 aromatic heterocycles. The summed E-state index contributed by atoms with van der Waals surface area (Å²) >= 11 is 0. The van der Waals surface area contributed by atoms with Gasteiger partial charge in [0.05, 0.1) is 0 Å². The van der Waals surface area contributed by atoms with Crippen LogP contribution < -0.4 is 0 Å². The van der Waals surface area contributed by atoms with Gasteiger partial charge < -0.3 is 5.11 Å². The summed E-state index contributed by atoms with van der Waals surface area (Å²) in [7, 11) is 0. The zero-order valence-electron chi connectivity index (χ0n) is 15.5. The Kier molecular flexibility index (Phi) is 4.50. The molecule has 0 aromatic rings. The summed E-state index contributed by atoms with van der Waals surface area (Å²) in [5.74, 6) is 1.91. The number of hydrogen-bond donors (Lipinski definition) is 1. The Labute approximate surface area is 141 Å². The van der Waals surface area contributed by atoms with E-state index in [2.05, 4.69) is 27.7 Å². The van der Waals surface area contributed by atoms with E-state index in [1.807, 2.05) is 0 Å². The van der Waals surface area contributed by atoms with Crippen molar-refractivity contribution in [1.82, 2.24) is 0 Å². The van der Waals surface area contributed by atoms with Crippen LogP contribution in [0.5, 0.6) is 0 Å². The van der Waals surface area contributed by atoms with E-state index in [9.17, 15) is 9.90 Å². The maximum Gasteiger partial charge on any atom is 0.159 e. The Morgan fingerprint density at radius 2 is 1.96 bits per heavy atom. The molecule has 2 nitrogen and oxygen atoms in total. The zero-order chi connectivity index (χ0) is 16.8. The zero-order valence-corrected chi connectivity index (χ0v) is 15.5. The molecule has 3 aliphatic carbocycles. The van der Waals surface area contributed by atoms with E-state index in [-0.39, 0.29) is 10.8 Å². The first kappa shape index (κ1) is 17.2. The van der Waals surface area contributed by atoms with Crippen molar-refractivity contribution in [2.24, 2.45) is 28.6 Å². The molecule has 3 aliphatic rings. The van der Waals surface area contributed by atoms with Crippen molar-refractivity contribution >= 4 is 5.78 Å². The predicted octanol–water partition coefficient (Wildman–Crippen LogP) is 4.91. The molecule has 1 N–H and O–H groups in total. The van der Waals surface area contributed by atoms with Crippen LogP contribution in [0, 0.1) is 28.6 Å². The van der Waals surface area contributed by atoms with E-state index in [0.29, 0.717) is 36.6 Å². The molecule has 0 heterocycles. The second-order valence-electron chi connectivity index (χ2n) is 8.93. The Morgan fingerprint density at radius 1 is 1.22 bits per heavy atom. The highest BCUT2D eigenvalue weighted by Crippen LogP contribution is 2.73. The average molecular weight is 319 g/mol. The highest BCUT2D eigenvalue weighted by atomic mass is 16.3. The van der Waals surface area contributed by atoms with Gasteiger partial charge in [0.15, 0.2) is 5.78 Å². The molecule has 3 rings (SSSR count). The lowest BCUT2D eigenvalue weighted by molar-refractivity contribution is -0.123. The third kappa shape index (κ3) is 2.27. The Hall–Kier alpha value is -0.630. The molecule has 2 bridgehead atoms. The van der Waals surface area contributed by atoms with Crippen LogP contribution in [-0.2, 0) is 4.79 Å². The number of rotatable bonds is 6. The molecular formula is C21H34O2. The fraction of sp³-hybridized carbons (Fsp3) is 0.857. The molecule has 4 atom stereocenters. The minimum atomic E-state index is 0.0523. The highest BCUT2D eigenvalue weighted by molar-refractivity contribution is 6.00. The summed E-state index contributed by atoms with van der Waals surface area (Å²) in [6, 6.07) is 0. The van der Waals surface area contributed by atoms with Crippen LogP contribution in [0.3, 0.4) is 0 Å². The van der Waals surface area contributed by atoms with Crippen molar-refractivity contribution in [3.05, 3.63) is 11.1 Å². The van der Waals surface area contributed by atoms with Gasteiger partial charge in [0, 0.05) is 18.4 Å². The van der Waals surface area contributed by atoms with E-state index in [0.717, 1.165) is 18.4 Å². The van der Waals surface area contributed by atoms with Crippen LogP contribution in [0.4, 0.5) is 0 Å². The van der Waals surface area contributed by atoms with Crippen molar-refractivity contribution in [3.63, 3.8) is 0 Å². The Balaban J connectivity index is 1.96. The van der Waals surface area contributed by atoms with Crippen LogP contribution in [0.15, 0.2) is 11.1 Å². The van der Waals surface area contributed by atoms with Crippen molar-refractivity contribution in [2.75, 3.05) is 6.61 Å². The second kappa shape index (κ2) is 6.02. The van der Waals surface area contributed by atoms with E-state index in [1.165, 1.54) is 37.7 Å². The minimum Gasteiger partial charge on any atom is -0.396 e. The summed E-state index contributed by atoms with van der Waals surface area (Å²) in [4.78, 5) is 12.6. The summed E-state index contributed by atoms with van der Waals surface area (Å²) < 4.78 is 0. The fourth-order valence-corrected chi connectivity index (χ4v) is 6.43. The van der Waals surface area contributed by atoms with Gasteiger partial charge in [-0.2, -0.15) is 0 Å². The molecular weight excluding hydrogens is 284 g/mol. The van der Waals surface area contributed by atoms with E-state index in [4.69, 9.17) is 0 Å². The third-order valence-corrected chi connectivity index (χ3v) is 7.86. The normalized spacial score (nSPS) is 38.3. The standard InChI is InChI=1S/C21H34O2/c1-5-6-7-8-9-17-15(13-22)10-16-11-18-14(2)19(23)12-21(17,18)20(16,3)4/h15-17,22H,5-13H2,1-4H3/t15-,16-,17-,21+/m1/s1. The number of aliphatic hydroxyl groups is 1. The molecule has 2 saturated carbocycles. The third-order valence-electron chi connectivity index (χ3n) is 7.86. The van der Waals surface area contributed by atoms with Crippen LogP contribution >= 0.6 is 0 Å². The lowest BCUT2D eigenvalue weighted by Crippen LogP contribution is -2.51. The van der Waals surface area contributed by atoms with Crippen molar-refractivity contribution in [2.45, 2.75) is 79.1 Å². The summed E-state index contributed by atoms with van der Waals surface area (Å²) in [5, 5.41) is 10.0. The van der Waals surface area contributed by atoms with Crippen molar-refractivity contribution in [1.29, 1.82) is 0 Å². The molecule has 2 fully saturated rings. The molecule has 0 unspecified atom stereocenters. The smallest absolute Gasteiger partial charge is 0.159 e. The first-order valence-electron chi connectivity index (χ1n) is 9.74. The summed E-state index contributed by atoms with van der Waals surface area (Å²) in [6.45, 7) is 9.42. The molecule has 0 aromatic carbocycles. The lowest BCUT2D eigenvalue weighted by Gasteiger charge is -2.55. The van der Waals surface area contributed by atoms with Gasteiger partial charge >= 0.3 is 0 Å². The number of aliphatic hydroxyl groups excluding tert-OH is 1. The lowest BCUT2D eigenvalue weighted by atomic mass is 9.49.